The fourth-order valence-corrected chi connectivity index (χ4v) is 3.71. The van der Waals surface area contributed by atoms with Crippen LogP contribution in [0, 0.1) is 11.8 Å². The molecule has 2 aliphatic heterocycles. The molecular weight excluding hydrogens is 182 g/mol. The predicted molar refractivity (Wildman–Crippen MR) is 65.0 cm³/mol. The lowest BCUT2D eigenvalue weighted by atomic mass is 9.69. The maximum atomic E-state index is 4.16. The van der Waals surface area contributed by atoms with Gasteiger partial charge in [0.1, 0.15) is 0 Å². The van der Waals surface area contributed by atoms with E-state index in [1.165, 1.54) is 44.3 Å². The van der Waals surface area contributed by atoms with Crippen LogP contribution in [0.5, 0.6) is 0 Å². The Morgan fingerprint density at radius 3 is 2.73 bits per heavy atom. The highest BCUT2D eigenvalue weighted by Gasteiger charge is 2.47. The number of piperidine rings is 2. The minimum Gasteiger partial charge on any atom is -0.330 e. The quantitative estimate of drug-likeness (QED) is 0.629. The number of nitrogens with one attached hydrogen (secondary N) is 1. The second-order valence-corrected chi connectivity index (χ2v) is 6.10. The molecule has 0 aliphatic carbocycles. The van der Waals surface area contributed by atoms with E-state index < -0.39 is 0 Å². The molecule has 0 aromatic rings. The number of hydrogen-bond acceptors (Lipinski definition) is 0. The third-order valence-corrected chi connectivity index (χ3v) is 5.17. The Labute approximate surface area is 94.5 Å². The topological polar surface area (TPSA) is 4.44 Å². The Morgan fingerprint density at radius 1 is 1.33 bits per heavy atom. The molecule has 2 heterocycles. The molecular formula is C14H26N+. The summed E-state index contributed by atoms with van der Waals surface area (Å²) in [6, 6.07) is 0. The first-order valence-corrected chi connectivity index (χ1v) is 6.54. The molecule has 2 rings (SSSR count). The van der Waals surface area contributed by atoms with Crippen LogP contribution in [0.4, 0.5) is 0 Å². The number of hydrogen-bond donors (Lipinski definition) is 1. The summed E-state index contributed by atoms with van der Waals surface area (Å²) < 4.78 is 0. The second kappa shape index (κ2) is 3.93. The molecule has 15 heavy (non-hydrogen) atoms. The van der Waals surface area contributed by atoms with E-state index in [1.807, 2.05) is 4.90 Å². The zero-order valence-corrected chi connectivity index (χ0v) is 10.6. The van der Waals surface area contributed by atoms with Crippen LogP contribution in [0.3, 0.4) is 0 Å². The molecule has 2 aliphatic rings. The SMILES string of the molecule is C=C(C)[C@@H]1CC[NH+]2CCC[C@@H](C)[C@]2(C)C1. The lowest BCUT2D eigenvalue weighted by molar-refractivity contribution is -0.967. The summed E-state index contributed by atoms with van der Waals surface area (Å²) in [5, 5.41) is 0. The van der Waals surface area contributed by atoms with Gasteiger partial charge in [-0.15, -0.1) is 0 Å². The minimum atomic E-state index is 0.542. The first-order chi connectivity index (χ1) is 7.04. The molecule has 1 nitrogen and oxygen atoms in total. The molecule has 0 aromatic carbocycles. The summed E-state index contributed by atoms with van der Waals surface area (Å²) in [7, 11) is 0. The van der Waals surface area contributed by atoms with Crippen molar-refractivity contribution < 1.29 is 4.90 Å². The van der Waals surface area contributed by atoms with Crippen LogP contribution in [0.2, 0.25) is 0 Å². The summed E-state index contributed by atoms with van der Waals surface area (Å²) in [5.74, 6) is 1.68. The van der Waals surface area contributed by atoms with E-state index in [1.54, 1.807) is 0 Å². The Balaban J connectivity index is 2.15. The van der Waals surface area contributed by atoms with Gasteiger partial charge in [0.15, 0.2) is 0 Å². The fourth-order valence-electron chi connectivity index (χ4n) is 3.71. The van der Waals surface area contributed by atoms with Crippen molar-refractivity contribution in [1.29, 1.82) is 0 Å². The Kier molecular flexibility index (Phi) is 2.94. The molecule has 0 radical (unpaired) electrons. The van der Waals surface area contributed by atoms with Gasteiger partial charge in [0.25, 0.3) is 0 Å². The first-order valence-electron chi connectivity index (χ1n) is 6.54. The summed E-state index contributed by atoms with van der Waals surface area (Å²) in [4.78, 5) is 1.87. The molecule has 0 spiro atoms. The monoisotopic (exact) mass is 208 g/mol. The zero-order chi connectivity index (χ0) is 11.1. The largest absolute Gasteiger partial charge is 0.330 e. The highest BCUT2D eigenvalue weighted by molar-refractivity contribution is 5.01. The van der Waals surface area contributed by atoms with Gasteiger partial charge < -0.3 is 4.90 Å². The lowest BCUT2D eigenvalue weighted by Crippen LogP contribution is -3.22. The molecule has 0 bridgehead atoms. The standard InChI is InChI=1S/C14H25N/c1-11(2)13-7-9-15-8-5-6-12(3)14(15,4)10-13/h12-13H,1,5-10H2,2-4H3/p+1/t12-,13-,14+/m1/s1. The predicted octanol–water partition coefficient (Wildman–Crippen LogP) is 2.05. The third-order valence-electron chi connectivity index (χ3n) is 5.17. The summed E-state index contributed by atoms with van der Waals surface area (Å²) in [6.07, 6.45) is 5.61. The van der Waals surface area contributed by atoms with E-state index >= 15 is 0 Å². The maximum Gasteiger partial charge on any atom is 0.0979 e. The van der Waals surface area contributed by atoms with Crippen molar-refractivity contribution in [3.8, 4) is 0 Å². The van der Waals surface area contributed by atoms with Crippen LogP contribution >= 0.6 is 0 Å². The van der Waals surface area contributed by atoms with Crippen molar-refractivity contribution in [2.45, 2.75) is 52.0 Å². The van der Waals surface area contributed by atoms with Crippen LogP contribution in [-0.2, 0) is 0 Å². The molecule has 1 heteroatoms. The smallest absolute Gasteiger partial charge is 0.0979 e. The average Bonchev–Trinajstić information content (AvgIpc) is 2.19. The van der Waals surface area contributed by atoms with Crippen LogP contribution in [0.15, 0.2) is 12.2 Å². The molecule has 1 unspecified atom stereocenters. The maximum absolute atomic E-state index is 4.16. The minimum absolute atomic E-state index is 0.542. The van der Waals surface area contributed by atoms with Gasteiger partial charge in [0.05, 0.1) is 18.6 Å². The highest BCUT2D eigenvalue weighted by Crippen LogP contribution is 2.34. The van der Waals surface area contributed by atoms with E-state index in [4.69, 9.17) is 0 Å². The van der Waals surface area contributed by atoms with Crippen LogP contribution in [-0.4, -0.2) is 18.6 Å². The van der Waals surface area contributed by atoms with Gasteiger partial charge in [-0.1, -0.05) is 19.1 Å². The van der Waals surface area contributed by atoms with Crippen molar-refractivity contribution in [2.24, 2.45) is 11.8 Å². The fraction of sp³-hybridized carbons (Fsp3) is 0.857. The lowest BCUT2D eigenvalue weighted by Gasteiger charge is -2.51. The van der Waals surface area contributed by atoms with E-state index in [-0.39, 0.29) is 0 Å². The van der Waals surface area contributed by atoms with Crippen molar-refractivity contribution in [3.05, 3.63) is 12.2 Å². The molecule has 86 valence electrons. The molecule has 4 atom stereocenters. The van der Waals surface area contributed by atoms with Gasteiger partial charge in [-0.2, -0.15) is 0 Å². The van der Waals surface area contributed by atoms with E-state index in [2.05, 4.69) is 27.4 Å². The zero-order valence-electron chi connectivity index (χ0n) is 10.6. The molecule has 1 N–H and O–H groups in total. The van der Waals surface area contributed by atoms with Gasteiger partial charge >= 0.3 is 0 Å². The number of rotatable bonds is 1. The summed E-state index contributed by atoms with van der Waals surface area (Å²) in [6.45, 7) is 14.1. The molecule has 0 aromatic heterocycles. The van der Waals surface area contributed by atoms with Gasteiger partial charge in [0, 0.05) is 18.8 Å². The van der Waals surface area contributed by atoms with E-state index in [0.717, 1.165) is 11.8 Å². The molecule has 2 saturated heterocycles. The molecule has 2 fully saturated rings. The van der Waals surface area contributed by atoms with E-state index in [0.29, 0.717) is 5.54 Å². The van der Waals surface area contributed by atoms with Gasteiger partial charge in [-0.3, -0.25) is 0 Å². The number of quaternary nitrogens is 1. The third kappa shape index (κ3) is 1.87. The Bertz CT molecular complexity index is 258. The van der Waals surface area contributed by atoms with Crippen LogP contribution in [0.25, 0.3) is 0 Å². The Morgan fingerprint density at radius 2 is 2.07 bits per heavy atom. The average molecular weight is 208 g/mol. The first kappa shape index (κ1) is 11.2. The molecule has 0 saturated carbocycles. The summed E-state index contributed by atoms with van der Waals surface area (Å²) >= 11 is 0. The molecule has 0 amide bonds. The highest BCUT2D eigenvalue weighted by atomic mass is 15.2. The van der Waals surface area contributed by atoms with Gasteiger partial charge in [-0.05, 0) is 32.6 Å². The van der Waals surface area contributed by atoms with Crippen molar-refractivity contribution >= 4 is 0 Å². The van der Waals surface area contributed by atoms with E-state index in [9.17, 15) is 0 Å². The van der Waals surface area contributed by atoms with Crippen molar-refractivity contribution in [3.63, 3.8) is 0 Å². The Hall–Kier alpha value is -0.300. The van der Waals surface area contributed by atoms with Crippen LogP contribution in [0.1, 0.15) is 46.5 Å². The summed E-state index contributed by atoms with van der Waals surface area (Å²) in [5.41, 5.74) is 1.95. The number of allylic oxidation sites excluding steroid dienone is 1. The number of fused-ring (bicyclic) bond motifs is 1. The van der Waals surface area contributed by atoms with Gasteiger partial charge in [0.2, 0.25) is 0 Å². The van der Waals surface area contributed by atoms with Crippen LogP contribution < -0.4 is 4.90 Å². The van der Waals surface area contributed by atoms with Crippen molar-refractivity contribution in [2.75, 3.05) is 13.1 Å². The van der Waals surface area contributed by atoms with Crippen molar-refractivity contribution in [1.82, 2.24) is 0 Å². The normalized spacial score (nSPS) is 45.9. The van der Waals surface area contributed by atoms with Gasteiger partial charge in [-0.25, -0.2) is 0 Å². The second-order valence-electron chi connectivity index (χ2n) is 6.10.